The van der Waals surface area contributed by atoms with E-state index in [1.54, 1.807) is 0 Å². The zero-order chi connectivity index (χ0) is 11.1. The van der Waals surface area contributed by atoms with E-state index in [2.05, 4.69) is 20.8 Å². The van der Waals surface area contributed by atoms with E-state index in [4.69, 9.17) is 16.3 Å². The second kappa shape index (κ2) is 2.37. The van der Waals surface area contributed by atoms with Crippen LogP contribution in [0.5, 0.6) is 0 Å². The molecule has 3 fully saturated rings. The molecule has 3 aliphatic rings. The van der Waals surface area contributed by atoms with Gasteiger partial charge < -0.3 is 4.74 Å². The number of hydrogen-bond donors (Lipinski definition) is 0. The maximum atomic E-state index is 11.4. The summed E-state index contributed by atoms with van der Waals surface area (Å²) in [5, 5.41) is -0.712. The van der Waals surface area contributed by atoms with Crippen LogP contribution in [0.4, 0.5) is 0 Å². The lowest BCUT2D eigenvalue weighted by atomic mass is 9.69. The lowest BCUT2D eigenvalue weighted by molar-refractivity contribution is -0.152. The van der Waals surface area contributed by atoms with E-state index in [9.17, 15) is 4.79 Å². The number of esters is 1. The predicted octanol–water partition coefficient (Wildman–Crippen LogP) is 2.94. The Hall–Kier alpha value is -0.240. The van der Waals surface area contributed by atoms with Crippen molar-refractivity contribution in [2.45, 2.75) is 45.1 Å². The van der Waals surface area contributed by atoms with Gasteiger partial charge in [0.2, 0.25) is 0 Å². The van der Waals surface area contributed by atoms with Gasteiger partial charge in [-0.25, -0.2) is 0 Å². The van der Waals surface area contributed by atoms with E-state index >= 15 is 0 Å². The molecule has 3 rings (SSSR count). The minimum absolute atomic E-state index is 0.0525. The van der Waals surface area contributed by atoms with Crippen molar-refractivity contribution in [3.63, 3.8) is 0 Å². The summed E-state index contributed by atoms with van der Waals surface area (Å²) in [6, 6.07) is 0. The molecule has 0 aromatic heterocycles. The molecular weight excluding hydrogens is 212 g/mol. The highest BCUT2D eigenvalue weighted by Crippen LogP contribution is 2.76. The van der Waals surface area contributed by atoms with E-state index in [0.29, 0.717) is 12.3 Å². The second-order valence-corrected chi connectivity index (χ2v) is 6.69. The number of halogens is 1. The molecule has 0 amide bonds. The largest absolute Gasteiger partial charge is 0.442 e. The summed E-state index contributed by atoms with van der Waals surface area (Å²) in [6.07, 6.45) is 2.80. The molecule has 0 unspecified atom stereocenters. The van der Waals surface area contributed by atoms with Gasteiger partial charge in [0.15, 0.2) is 5.06 Å². The molecule has 0 radical (unpaired) electrons. The molecule has 2 bridgehead atoms. The number of ether oxygens (including phenoxy) is 1. The van der Waals surface area contributed by atoms with Gasteiger partial charge >= 0.3 is 5.97 Å². The summed E-state index contributed by atoms with van der Waals surface area (Å²) >= 11 is 6.64. The fourth-order valence-corrected chi connectivity index (χ4v) is 5.02. The number of carbonyl (C=O) groups excluding carboxylic acids is 1. The van der Waals surface area contributed by atoms with Crippen LogP contribution in [0.15, 0.2) is 0 Å². The van der Waals surface area contributed by atoms with Crippen LogP contribution in [-0.4, -0.2) is 11.0 Å². The van der Waals surface area contributed by atoms with Crippen molar-refractivity contribution in [3.8, 4) is 0 Å². The lowest BCUT2D eigenvalue weighted by Gasteiger charge is -2.42. The van der Waals surface area contributed by atoms with Crippen LogP contribution in [0.2, 0.25) is 0 Å². The van der Waals surface area contributed by atoms with Gasteiger partial charge in [-0.1, -0.05) is 32.4 Å². The van der Waals surface area contributed by atoms with Crippen LogP contribution in [-0.2, 0) is 9.53 Å². The number of alkyl halides is 1. The fraction of sp³-hybridized carbons (Fsp3) is 0.917. The van der Waals surface area contributed by atoms with Crippen LogP contribution in [0.3, 0.4) is 0 Å². The van der Waals surface area contributed by atoms with Crippen LogP contribution in [0.1, 0.15) is 40.0 Å². The van der Waals surface area contributed by atoms with Gasteiger partial charge in [0.1, 0.15) is 0 Å². The summed E-state index contributed by atoms with van der Waals surface area (Å²) in [7, 11) is 0. The third kappa shape index (κ3) is 0.800. The smallest absolute Gasteiger partial charge is 0.308 e. The standard InChI is InChI=1S/C12H17ClO2/c1-10(2)7-4-5-11(10,3)12(13)8(7)6-9(14)15-12/h7-8H,4-6H2,1-3H3/t7-,8+,11-,12+/m1/s1. The molecule has 0 aromatic rings. The topological polar surface area (TPSA) is 26.3 Å². The number of rotatable bonds is 0. The quantitative estimate of drug-likeness (QED) is 0.471. The molecule has 84 valence electrons. The Morgan fingerprint density at radius 1 is 1.33 bits per heavy atom. The van der Waals surface area contributed by atoms with Gasteiger partial charge in [0, 0.05) is 11.3 Å². The molecular formula is C12H17ClO2. The summed E-state index contributed by atoms with van der Waals surface area (Å²) < 4.78 is 5.47. The minimum atomic E-state index is -0.712. The van der Waals surface area contributed by atoms with E-state index in [-0.39, 0.29) is 22.7 Å². The molecule has 4 atom stereocenters. The molecule has 2 saturated carbocycles. The Kier molecular flexibility index (Phi) is 1.57. The van der Waals surface area contributed by atoms with Gasteiger partial charge in [-0.05, 0) is 24.2 Å². The lowest BCUT2D eigenvalue weighted by Crippen LogP contribution is -2.45. The van der Waals surface area contributed by atoms with Crippen molar-refractivity contribution in [3.05, 3.63) is 0 Å². The average molecular weight is 229 g/mol. The second-order valence-electron chi connectivity index (χ2n) is 6.13. The highest BCUT2D eigenvalue weighted by Gasteiger charge is 2.77. The van der Waals surface area contributed by atoms with E-state index in [1.807, 2.05) is 0 Å². The highest BCUT2D eigenvalue weighted by atomic mass is 35.5. The van der Waals surface area contributed by atoms with Crippen LogP contribution in [0.25, 0.3) is 0 Å². The number of hydrogen-bond acceptors (Lipinski definition) is 2. The maximum Gasteiger partial charge on any atom is 0.308 e. The first-order valence-electron chi connectivity index (χ1n) is 5.74. The van der Waals surface area contributed by atoms with Gasteiger partial charge in [-0.15, -0.1) is 0 Å². The Bertz CT molecular complexity index is 352. The summed E-state index contributed by atoms with van der Waals surface area (Å²) in [5.41, 5.74) is 0.142. The summed E-state index contributed by atoms with van der Waals surface area (Å²) in [6.45, 7) is 6.75. The van der Waals surface area contributed by atoms with Crippen LogP contribution < -0.4 is 0 Å². The van der Waals surface area contributed by atoms with Crippen molar-refractivity contribution in [2.75, 3.05) is 0 Å². The van der Waals surface area contributed by atoms with Crippen molar-refractivity contribution >= 4 is 17.6 Å². The van der Waals surface area contributed by atoms with Gasteiger partial charge in [0.05, 0.1) is 6.42 Å². The van der Waals surface area contributed by atoms with Crippen LogP contribution in [0, 0.1) is 22.7 Å². The third-order valence-electron chi connectivity index (χ3n) is 5.67. The first-order valence-corrected chi connectivity index (χ1v) is 6.11. The molecule has 0 N–H and O–H groups in total. The molecule has 15 heavy (non-hydrogen) atoms. The maximum absolute atomic E-state index is 11.4. The first-order chi connectivity index (χ1) is 6.83. The molecule has 3 heteroatoms. The van der Waals surface area contributed by atoms with Gasteiger partial charge in [0.25, 0.3) is 0 Å². The van der Waals surface area contributed by atoms with Crippen molar-refractivity contribution in [1.29, 1.82) is 0 Å². The van der Waals surface area contributed by atoms with E-state index in [1.165, 1.54) is 6.42 Å². The van der Waals surface area contributed by atoms with Crippen molar-refractivity contribution in [2.24, 2.45) is 22.7 Å². The Morgan fingerprint density at radius 3 is 2.60 bits per heavy atom. The molecule has 1 saturated heterocycles. The van der Waals surface area contributed by atoms with E-state index in [0.717, 1.165) is 6.42 Å². The zero-order valence-electron chi connectivity index (χ0n) is 9.47. The van der Waals surface area contributed by atoms with Crippen molar-refractivity contribution < 1.29 is 9.53 Å². The monoisotopic (exact) mass is 228 g/mol. The normalized spacial score (nSPS) is 55.6. The van der Waals surface area contributed by atoms with Crippen LogP contribution >= 0.6 is 11.6 Å². The van der Waals surface area contributed by atoms with Crippen molar-refractivity contribution in [1.82, 2.24) is 0 Å². The SMILES string of the molecule is CC1(C)[C@@H]2CC[C@@]1(C)[C@@]1(Cl)OC(=O)C[C@@H]21. The Balaban J connectivity index is 2.15. The molecule has 2 nitrogen and oxygen atoms in total. The van der Waals surface area contributed by atoms with E-state index < -0.39 is 5.06 Å². The molecule has 2 aliphatic carbocycles. The molecule has 1 heterocycles. The molecule has 0 aromatic carbocycles. The number of carbonyl (C=O) groups is 1. The highest BCUT2D eigenvalue weighted by molar-refractivity contribution is 6.25. The zero-order valence-corrected chi connectivity index (χ0v) is 10.2. The average Bonchev–Trinajstić information content (AvgIpc) is 2.56. The molecule has 1 aliphatic heterocycles. The summed E-state index contributed by atoms with van der Waals surface area (Å²) in [5.74, 6) is 0.676. The third-order valence-corrected chi connectivity index (χ3v) is 6.44. The minimum Gasteiger partial charge on any atom is -0.442 e. The van der Waals surface area contributed by atoms with Gasteiger partial charge in [-0.2, -0.15) is 0 Å². The predicted molar refractivity (Wildman–Crippen MR) is 57.4 cm³/mol. The first kappa shape index (κ1) is 9.95. The number of fused-ring (bicyclic) bond motifs is 5. The Labute approximate surface area is 95.3 Å². The fourth-order valence-electron chi connectivity index (χ4n) is 4.37. The molecule has 0 spiro atoms. The Morgan fingerprint density at radius 2 is 2.00 bits per heavy atom. The van der Waals surface area contributed by atoms with Gasteiger partial charge in [-0.3, -0.25) is 4.79 Å². The summed E-state index contributed by atoms with van der Waals surface area (Å²) in [4.78, 5) is 11.4.